The van der Waals surface area contributed by atoms with Crippen LogP contribution >= 0.6 is 23.2 Å². The SMILES string of the molecule is O=[N+]([O-])/N=C1\NCCN1Cc1ccc(Oc2ccc(Cl)cc2Cl)nc1. The van der Waals surface area contributed by atoms with Gasteiger partial charge in [0.25, 0.3) is 5.96 Å². The fourth-order valence-electron chi connectivity index (χ4n) is 2.31. The number of hydrazone groups is 1. The molecule has 130 valence electrons. The molecule has 2 aromatic rings. The number of nitrogens with zero attached hydrogens (tertiary/aromatic N) is 4. The van der Waals surface area contributed by atoms with Crippen LogP contribution in [0.2, 0.25) is 10.0 Å². The molecule has 0 spiro atoms. The van der Waals surface area contributed by atoms with Gasteiger partial charge in [0.15, 0.2) is 5.03 Å². The summed E-state index contributed by atoms with van der Waals surface area (Å²) in [6.45, 7) is 1.69. The van der Waals surface area contributed by atoms with E-state index >= 15 is 0 Å². The summed E-state index contributed by atoms with van der Waals surface area (Å²) >= 11 is 11.9. The molecule has 0 aliphatic carbocycles. The Labute approximate surface area is 153 Å². The van der Waals surface area contributed by atoms with Crippen molar-refractivity contribution in [1.29, 1.82) is 0 Å². The summed E-state index contributed by atoms with van der Waals surface area (Å²) in [6, 6.07) is 8.45. The number of hydrogen-bond donors (Lipinski definition) is 1. The smallest absolute Gasteiger partial charge is 0.271 e. The standard InChI is InChI=1S/C15H13Cl2N5O3/c16-11-2-3-13(12(17)7-11)25-14-4-1-10(8-19-14)9-21-6-5-18-15(21)20-22(23)24/h1-4,7-8H,5-6,9H2,(H,18,20). The molecule has 0 radical (unpaired) electrons. The van der Waals surface area contributed by atoms with Gasteiger partial charge in [-0.2, -0.15) is 0 Å². The van der Waals surface area contributed by atoms with Crippen molar-refractivity contribution in [1.82, 2.24) is 15.2 Å². The Bertz CT molecular complexity index is 813. The molecule has 1 saturated heterocycles. The van der Waals surface area contributed by atoms with Crippen molar-refractivity contribution in [2.75, 3.05) is 13.1 Å². The van der Waals surface area contributed by atoms with Crippen LogP contribution in [0.15, 0.2) is 41.6 Å². The third-order valence-electron chi connectivity index (χ3n) is 3.42. The highest BCUT2D eigenvalue weighted by molar-refractivity contribution is 6.35. The molecule has 0 atom stereocenters. The first-order chi connectivity index (χ1) is 12.0. The van der Waals surface area contributed by atoms with Crippen molar-refractivity contribution in [2.24, 2.45) is 5.10 Å². The minimum absolute atomic E-state index is 0.248. The van der Waals surface area contributed by atoms with E-state index in [-0.39, 0.29) is 5.96 Å². The summed E-state index contributed by atoms with van der Waals surface area (Å²) in [4.78, 5) is 16.5. The number of aromatic nitrogens is 1. The Hall–Kier alpha value is -2.58. The van der Waals surface area contributed by atoms with Gasteiger partial charge in [-0.05, 0) is 23.8 Å². The van der Waals surface area contributed by atoms with Crippen molar-refractivity contribution in [3.8, 4) is 11.6 Å². The lowest BCUT2D eigenvalue weighted by molar-refractivity contribution is -0.485. The minimum Gasteiger partial charge on any atom is -0.437 e. The Kier molecular flexibility index (Phi) is 5.20. The van der Waals surface area contributed by atoms with Gasteiger partial charge in [-0.1, -0.05) is 29.3 Å². The molecule has 1 aromatic heterocycles. The topological polar surface area (TPSA) is 92.9 Å². The van der Waals surface area contributed by atoms with E-state index in [0.29, 0.717) is 41.3 Å². The molecule has 0 amide bonds. The van der Waals surface area contributed by atoms with Gasteiger partial charge in [-0.25, -0.2) is 15.1 Å². The van der Waals surface area contributed by atoms with Gasteiger partial charge in [0.1, 0.15) is 10.9 Å². The zero-order valence-electron chi connectivity index (χ0n) is 12.9. The van der Waals surface area contributed by atoms with Crippen LogP contribution in [0.3, 0.4) is 0 Å². The second kappa shape index (κ2) is 7.54. The summed E-state index contributed by atoms with van der Waals surface area (Å²) in [5.41, 5.74) is 0.870. The number of benzene rings is 1. The van der Waals surface area contributed by atoms with E-state index in [1.54, 1.807) is 35.4 Å². The van der Waals surface area contributed by atoms with Crippen molar-refractivity contribution in [3.05, 3.63) is 62.3 Å². The summed E-state index contributed by atoms with van der Waals surface area (Å²) in [5.74, 6) is 1.08. The third kappa shape index (κ3) is 4.49. The molecule has 0 saturated carbocycles. The van der Waals surface area contributed by atoms with Crippen LogP contribution in [0.4, 0.5) is 0 Å². The quantitative estimate of drug-likeness (QED) is 0.631. The molecule has 1 N–H and O–H groups in total. The first-order valence-corrected chi connectivity index (χ1v) is 8.06. The number of halogens is 2. The van der Waals surface area contributed by atoms with Gasteiger partial charge in [0.05, 0.1) is 5.02 Å². The fraction of sp³-hybridized carbons (Fsp3) is 0.200. The molecule has 0 bridgehead atoms. The Morgan fingerprint density at radius 1 is 1.36 bits per heavy atom. The molecule has 1 aliphatic rings. The minimum atomic E-state index is -0.717. The average molecular weight is 382 g/mol. The summed E-state index contributed by atoms with van der Waals surface area (Å²) in [6.07, 6.45) is 1.64. The predicted molar refractivity (Wildman–Crippen MR) is 93.6 cm³/mol. The summed E-state index contributed by atoms with van der Waals surface area (Å²) in [7, 11) is 0. The van der Waals surface area contributed by atoms with Crippen LogP contribution in [-0.4, -0.2) is 34.0 Å². The van der Waals surface area contributed by atoms with Crippen LogP contribution in [0.5, 0.6) is 11.6 Å². The number of rotatable bonds is 5. The van der Waals surface area contributed by atoms with E-state index in [9.17, 15) is 10.1 Å². The maximum atomic E-state index is 10.5. The van der Waals surface area contributed by atoms with Gasteiger partial charge >= 0.3 is 0 Å². The highest BCUT2D eigenvalue weighted by atomic mass is 35.5. The maximum absolute atomic E-state index is 10.5. The lowest BCUT2D eigenvalue weighted by Crippen LogP contribution is -2.30. The molecular formula is C15H13Cl2N5O3. The second-order valence-electron chi connectivity index (χ2n) is 5.19. The zero-order chi connectivity index (χ0) is 17.8. The molecule has 1 aliphatic heterocycles. The van der Waals surface area contributed by atoms with Crippen molar-refractivity contribution in [2.45, 2.75) is 6.54 Å². The Morgan fingerprint density at radius 2 is 2.20 bits per heavy atom. The predicted octanol–water partition coefficient (Wildman–Crippen LogP) is 3.13. The maximum Gasteiger partial charge on any atom is 0.271 e. The van der Waals surface area contributed by atoms with Crippen LogP contribution in [0, 0.1) is 10.1 Å². The zero-order valence-corrected chi connectivity index (χ0v) is 14.4. The second-order valence-corrected chi connectivity index (χ2v) is 6.03. The van der Waals surface area contributed by atoms with Gasteiger partial charge in [0.2, 0.25) is 5.88 Å². The van der Waals surface area contributed by atoms with E-state index in [0.717, 1.165) is 5.56 Å². The number of pyridine rings is 1. The number of hydrogen-bond acceptors (Lipinski definition) is 4. The largest absolute Gasteiger partial charge is 0.437 e. The number of nitro groups is 1. The highest BCUT2D eigenvalue weighted by Crippen LogP contribution is 2.30. The molecule has 3 rings (SSSR count). The first kappa shape index (κ1) is 17.2. The van der Waals surface area contributed by atoms with Crippen LogP contribution in [0.1, 0.15) is 5.56 Å². The Morgan fingerprint density at radius 3 is 2.88 bits per heavy atom. The fourth-order valence-corrected chi connectivity index (χ4v) is 2.75. The van der Waals surface area contributed by atoms with Crippen LogP contribution in [0.25, 0.3) is 0 Å². The van der Waals surface area contributed by atoms with E-state index in [2.05, 4.69) is 15.4 Å². The van der Waals surface area contributed by atoms with Crippen LogP contribution < -0.4 is 10.1 Å². The molecule has 2 heterocycles. The van der Waals surface area contributed by atoms with E-state index in [1.807, 2.05) is 6.07 Å². The number of ether oxygens (including phenoxy) is 1. The first-order valence-electron chi connectivity index (χ1n) is 7.31. The van der Waals surface area contributed by atoms with Gasteiger partial charge in [-0.3, -0.25) is 0 Å². The lowest BCUT2D eigenvalue weighted by atomic mass is 10.2. The van der Waals surface area contributed by atoms with Crippen molar-refractivity contribution < 1.29 is 9.77 Å². The lowest BCUT2D eigenvalue weighted by Gasteiger charge is -2.15. The number of guanidine groups is 1. The molecule has 10 heteroatoms. The normalized spacial score (nSPS) is 15.3. The highest BCUT2D eigenvalue weighted by Gasteiger charge is 2.21. The van der Waals surface area contributed by atoms with Gasteiger partial charge in [0, 0.05) is 36.9 Å². The molecule has 1 fully saturated rings. The van der Waals surface area contributed by atoms with E-state index in [1.165, 1.54) is 0 Å². The molecule has 0 unspecified atom stereocenters. The van der Waals surface area contributed by atoms with E-state index in [4.69, 9.17) is 27.9 Å². The van der Waals surface area contributed by atoms with Gasteiger partial charge < -0.3 is 15.0 Å². The van der Waals surface area contributed by atoms with Gasteiger partial charge in [-0.15, -0.1) is 0 Å². The average Bonchev–Trinajstić information content (AvgIpc) is 2.98. The molecule has 1 aromatic carbocycles. The monoisotopic (exact) mass is 381 g/mol. The summed E-state index contributed by atoms with van der Waals surface area (Å²) < 4.78 is 5.62. The Balaban J connectivity index is 1.67. The third-order valence-corrected chi connectivity index (χ3v) is 3.95. The van der Waals surface area contributed by atoms with Crippen LogP contribution in [-0.2, 0) is 6.54 Å². The summed E-state index contributed by atoms with van der Waals surface area (Å²) in [5, 5.41) is 16.9. The number of nitrogens with one attached hydrogen (secondary N) is 1. The molecule has 25 heavy (non-hydrogen) atoms. The van der Waals surface area contributed by atoms with Crippen molar-refractivity contribution in [3.63, 3.8) is 0 Å². The molecule has 8 nitrogen and oxygen atoms in total. The molecular weight excluding hydrogens is 369 g/mol. The van der Waals surface area contributed by atoms with Crippen molar-refractivity contribution >= 4 is 29.2 Å². The van der Waals surface area contributed by atoms with E-state index < -0.39 is 5.03 Å².